The summed E-state index contributed by atoms with van der Waals surface area (Å²) in [5.41, 5.74) is 2.60. The maximum Gasteiger partial charge on any atom is 0.573 e. The van der Waals surface area contributed by atoms with Crippen LogP contribution in [-0.2, 0) is 11.3 Å². The van der Waals surface area contributed by atoms with Gasteiger partial charge >= 0.3 is 6.36 Å². The number of alkyl halides is 3. The minimum atomic E-state index is -4.75. The number of hydrogen-bond donors (Lipinski definition) is 0. The fraction of sp³-hybridized carbons (Fsp3) is 0.286. The lowest BCUT2D eigenvalue weighted by atomic mass is 10.1. The molecular weight excluding hydrogens is 399 g/mol. The van der Waals surface area contributed by atoms with Gasteiger partial charge in [0.05, 0.1) is 0 Å². The predicted molar refractivity (Wildman–Crippen MR) is 100 cm³/mol. The van der Waals surface area contributed by atoms with Crippen LogP contribution in [-0.4, -0.2) is 27.3 Å². The molecule has 0 spiro atoms. The van der Waals surface area contributed by atoms with Crippen molar-refractivity contribution in [3.63, 3.8) is 0 Å². The van der Waals surface area contributed by atoms with Crippen LogP contribution in [0, 0.1) is 6.92 Å². The molecule has 1 amide bonds. The first-order chi connectivity index (χ1) is 14.3. The highest BCUT2D eigenvalue weighted by Crippen LogP contribution is 2.34. The molecule has 0 radical (unpaired) electrons. The normalized spacial score (nSPS) is 16.9. The molecule has 1 aliphatic heterocycles. The van der Waals surface area contributed by atoms with Crippen LogP contribution >= 0.6 is 0 Å². The SMILES string of the molecule is Cc1cccc(CN2C(=O)CCC2c2nc(-c3ccc(OC(F)(F)F)cc3)no2)c1. The summed E-state index contributed by atoms with van der Waals surface area (Å²) in [7, 11) is 0. The van der Waals surface area contributed by atoms with Crippen LogP contribution < -0.4 is 4.74 Å². The van der Waals surface area contributed by atoms with Crippen molar-refractivity contribution < 1.29 is 27.2 Å². The van der Waals surface area contributed by atoms with Gasteiger partial charge < -0.3 is 14.2 Å². The highest BCUT2D eigenvalue weighted by molar-refractivity contribution is 5.78. The Labute approximate surface area is 170 Å². The molecule has 2 heterocycles. The van der Waals surface area contributed by atoms with Gasteiger partial charge in [0.2, 0.25) is 17.6 Å². The molecule has 1 aliphatic rings. The summed E-state index contributed by atoms with van der Waals surface area (Å²) in [6, 6.07) is 12.8. The van der Waals surface area contributed by atoms with E-state index >= 15 is 0 Å². The third kappa shape index (κ3) is 4.45. The number of halogens is 3. The van der Waals surface area contributed by atoms with Crippen LogP contribution in [0.15, 0.2) is 53.1 Å². The largest absolute Gasteiger partial charge is 0.573 e. The number of aryl methyl sites for hydroxylation is 1. The molecular formula is C21H18F3N3O3. The van der Waals surface area contributed by atoms with Crippen molar-refractivity contribution in [2.24, 2.45) is 0 Å². The smallest absolute Gasteiger partial charge is 0.406 e. The van der Waals surface area contributed by atoms with Crippen molar-refractivity contribution in [2.75, 3.05) is 0 Å². The molecule has 6 nitrogen and oxygen atoms in total. The number of carbonyl (C=O) groups is 1. The van der Waals surface area contributed by atoms with Gasteiger partial charge in [-0.2, -0.15) is 4.98 Å². The minimum absolute atomic E-state index is 0.00917. The first-order valence-electron chi connectivity index (χ1n) is 9.33. The molecule has 1 fully saturated rings. The average molecular weight is 417 g/mol. The zero-order valence-corrected chi connectivity index (χ0v) is 16.0. The zero-order chi connectivity index (χ0) is 21.3. The monoisotopic (exact) mass is 417 g/mol. The third-order valence-corrected chi connectivity index (χ3v) is 4.84. The molecule has 1 saturated heterocycles. The summed E-state index contributed by atoms with van der Waals surface area (Å²) < 4.78 is 46.1. The maximum absolute atomic E-state index is 12.4. The van der Waals surface area contributed by atoms with E-state index in [0.717, 1.165) is 11.1 Å². The number of aromatic nitrogens is 2. The Morgan fingerprint density at radius 2 is 1.97 bits per heavy atom. The summed E-state index contributed by atoms with van der Waals surface area (Å²) in [5.74, 6) is 0.216. The van der Waals surface area contributed by atoms with E-state index in [9.17, 15) is 18.0 Å². The number of nitrogens with zero attached hydrogens (tertiary/aromatic N) is 3. The first-order valence-corrected chi connectivity index (χ1v) is 9.33. The quantitative estimate of drug-likeness (QED) is 0.596. The molecule has 0 saturated carbocycles. The number of ether oxygens (including phenoxy) is 1. The van der Waals surface area contributed by atoms with Crippen molar-refractivity contribution in [1.82, 2.24) is 15.0 Å². The highest BCUT2D eigenvalue weighted by Gasteiger charge is 2.36. The van der Waals surface area contributed by atoms with Gasteiger partial charge in [0.1, 0.15) is 11.8 Å². The second-order valence-corrected chi connectivity index (χ2v) is 7.09. The van der Waals surface area contributed by atoms with Gasteiger partial charge in [-0.25, -0.2) is 0 Å². The fourth-order valence-electron chi connectivity index (χ4n) is 3.49. The molecule has 30 heavy (non-hydrogen) atoms. The zero-order valence-electron chi connectivity index (χ0n) is 16.0. The molecule has 1 unspecified atom stereocenters. The summed E-state index contributed by atoms with van der Waals surface area (Å²) in [6.45, 7) is 2.43. The standard InChI is InChI=1S/C21H18F3N3O3/c1-13-3-2-4-14(11-13)12-27-17(9-10-18(27)28)20-25-19(26-30-20)15-5-7-16(8-6-15)29-21(22,23)24/h2-8,11,17H,9-10,12H2,1H3. The Hall–Kier alpha value is -3.36. The van der Waals surface area contributed by atoms with Crippen LogP contribution in [0.4, 0.5) is 13.2 Å². The van der Waals surface area contributed by atoms with E-state index < -0.39 is 6.36 Å². The molecule has 0 bridgehead atoms. The van der Waals surface area contributed by atoms with E-state index in [1.807, 2.05) is 31.2 Å². The van der Waals surface area contributed by atoms with E-state index in [4.69, 9.17) is 4.52 Å². The fourth-order valence-corrected chi connectivity index (χ4v) is 3.49. The number of carbonyl (C=O) groups excluding carboxylic acids is 1. The van der Waals surface area contributed by atoms with Crippen molar-refractivity contribution >= 4 is 5.91 Å². The number of amides is 1. The van der Waals surface area contributed by atoms with E-state index in [1.165, 1.54) is 24.3 Å². The Kier molecular flexibility index (Phi) is 5.19. The van der Waals surface area contributed by atoms with Crippen molar-refractivity contribution in [2.45, 2.75) is 38.7 Å². The van der Waals surface area contributed by atoms with Crippen LogP contribution in [0.3, 0.4) is 0 Å². The number of hydrogen-bond acceptors (Lipinski definition) is 5. The summed E-state index contributed by atoms with van der Waals surface area (Å²) in [4.78, 5) is 18.5. The van der Waals surface area contributed by atoms with Crippen LogP contribution in [0.2, 0.25) is 0 Å². The summed E-state index contributed by atoms with van der Waals surface area (Å²) >= 11 is 0. The van der Waals surface area contributed by atoms with Gasteiger partial charge in [-0.3, -0.25) is 4.79 Å². The molecule has 1 aromatic heterocycles. The van der Waals surface area contributed by atoms with Gasteiger partial charge in [0.25, 0.3) is 0 Å². The lowest BCUT2D eigenvalue weighted by molar-refractivity contribution is -0.274. The molecule has 4 rings (SSSR count). The molecule has 0 aliphatic carbocycles. The minimum Gasteiger partial charge on any atom is -0.406 e. The second-order valence-electron chi connectivity index (χ2n) is 7.09. The Bertz CT molecular complexity index is 1050. The predicted octanol–water partition coefficient (Wildman–Crippen LogP) is 4.81. The van der Waals surface area contributed by atoms with E-state index in [1.54, 1.807) is 4.90 Å². The van der Waals surface area contributed by atoms with E-state index in [0.29, 0.717) is 30.8 Å². The molecule has 2 aromatic carbocycles. The van der Waals surface area contributed by atoms with Crippen molar-refractivity contribution in [1.29, 1.82) is 0 Å². The summed E-state index contributed by atoms with van der Waals surface area (Å²) in [6.07, 6.45) is -3.81. The molecule has 156 valence electrons. The molecule has 1 atom stereocenters. The average Bonchev–Trinajstić information content (AvgIpc) is 3.29. The molecule has 9 heteroatoms. The summed E-state index contributed by atoms with van der Waals surface area (Å²) in [5, 5.41) is 3.93. The van der Waals surface area contributed by atoms with Crippen LogP contribution in [0.1, 0.15) is 35.9 Å². The van der Waals surface area contributed by atoms with Crippen molar-refractivity contribution in [3.8, 4) is 17.1 Å². The molecule has 0 N–H and O–H groups in total. The number of likely N-dealkylation sites (tertiary alicyclic amines) is 1. The highest BCUT2D eigenvalue weighted by atomic mass is 19.4. The Morgan fingerprint density at radius 3 is 2.67 bits per heavy atom. The van der Waals surface area contributed by atoms with Crippen molar-refractivity contribution in [3.05, 3.63) is 65.5 Å². The Morgan fingerprint density at radius 1 is 1.20 bits per heavy atom. The van der Waals surface area contributed by atoms with Gasteiger partial charge in [-0.05, 0) is 43.2 Å². The van der Waals surface area contributed by atoms with Gasteiger partial charge in [-0.1, -0.05) is 35.0 Å². The van der Waals surface area contributed by atoms with Gasteiger partial charge in [0, 0.05) is 18.5 Å². The second kappa shape index (κ2) is 7.81. The topological polar surface area (TPSA) is 68.5 Å². The lowest BCUT2D eigenvalue weighted by Crippen LogP contribution is -2.27. The number of rotatable bonds is 5. The van der Waals surface area contributed by atoms with Crippen LogP contribution in [0.5, 0.6) is 5.75 Å². The lowest BCUT2D eigenvalue weighted by Gasteiger charge is -2.22. The van der Waals surface area contributed by atoms with Gasteiger partial charge in [0.15, 0.2) is 0 Å². The third-order valence-electron chi connectivity index (χ3n) is 4.84. The maximum atomic E-state index is 12.4. The van der Waals surface area contributed by atoms with Gasteiger partial charge in [-0.15, -0.1) is 13.2 Å². The first kappa shape index (κ1) is 19.9. The Balaban J connectivity index is 1.51. The molecule has 3 aromatic rings. The van der Waals surface area contributed by atoms with E-state index in [2.05, 4.69) is 14.9 Å². The number of benzene rings is 2. The van der Waals surface area contributed by atoms with Crippen LogP contribution in [0.25, 0.3) is 11.4 Å². The van der Waals surface area contributed by atoms with E-state index in [-0.39, 0.29) is 23.5 Å².